The van der Waals surface area contributed by atoms with Gasteiger partial charge >= 0.3 is 18.3 Å². The van der Waals surface area contributed by atoms with Gasteiger partial charge in [-0.15, -0.1) is 0 Å². The molecule has 0 spiro atoms. The predicted molar refractivity (Wildman–Crippen MR) is 77.0 cm³/mol. The number of pyridine rings is 1. The number of alkyl halides is 4. The minimum atomic E-state index is -4.31. The zero-order chi connectivity index (χ0) is 18.6. The Labute approximate surface area is 140 Å². The third-order valence-electron chi connectivity index (χ3n) is 3.76. The molecule has 10 heteroatoms. The second-order valence-corrected chi connectivity index (χ2v) is 5.58. The monoisotopic (exact) mass is 364 g/mol. The van der Waals surface area contributed by atoms with E-state index in [2.05, 4.69) is 9.72 Å². The van der Waals surface area contributed by atoms with Crippen LogP contribution >= 0.6 is 0 Å². The number of likely N-dealkylation sites (tertiary alicyclic amines) is 1. The molecule has 0 bridgehead atoms. The van der Waals surface area contributed by atoms with Crippen molar-refractivity contribution in [2.75, 3.05) is 13.2 Å². The number of amides is 1. The summed E-state index contributed by atoms with van der Waals surface area (Å²) in [7, 11) is 0. The lowest BCUT2D eigenvalue weighted by atomic mass is 10.0. The Bertz CT molecular complexity index is 624. The van der Waals surface area contributed by atoms with Crippen LogP contribution < -0.4 is 4.74 Å². The molecule has 138 valence electrons. The Hall–Kier alpha value is -2.39. The molecule has 6 nitrogen and oxygen atoms in total. The number of carboxylic acids is 1. The van der Waals surface area contributed by atoms with Gasteiger partial charge in [-0.2, -0.15) is 8.78 Å². The van der Waals surface area contributed by atoms with Crippen LogP contribution in [0.3, 0.4) is 0 Å². The molecule has 1 aliphatic heterocycles. The van der Waals surface area contributed by atoms with Gasteiger partial charge in [-0.1, -0.05) is 0 Å². The third kappa shape index (κ3) is 4.58. The zero-order valence-electron chi connectivity index (χ0n) is 13.0. The number of aliphatic carboxylic acids is 1. The zero-order valence-corrected chi connectivity index (χ0v) is 13.0. The van der Waals surface area contributed by atoms with Gasteiger partial charge in [0, 0.05) is 18.8 Å². The van der Waals surface area contributed by atoms with Crippen LogP contribution in [0, 0.1) is 0 Å². The summed E-state index contributed by atoms with van der Waals surface area (Å²) in [5.41, 5.74) is 0.0566. The van der Waals surface area contributed by atoms with Crippen LogP contribution in [0.5, 0.6) is 5.88 Å². The van der Waals surface area contributed by atoms with Gasteiger partial charge in [-0.3, -0.25) is 4.79 Å². The number of hydrogen-bond acceptors (Lipinski definition) is 4. The molecular weight excluding hydrogens is 348 g/mol. The fourth-order valence-electron chi connectivity index (χ4n) is 2.42. The molecule has 1 amide bonds. The van der Waals surface area contributed by atoms with Gasteiger partial charge in [0.2, 0.25) is 5.88 Å². The highest BCUT2D eigenvalue weighted by Crippen LogP contribution is 2.24. The van der Waals surface area contributed by atoms with Crippen LogP contribution in [0.15, 0.2) is 18.3 Å². The summed E-state index contributed by atoms with van der Waals surface area (Å²) in [5.74, 6) is -6.30. The highest BCUT2D eigenvalue weighted by atomic mass is 19.3. The van der Waals surface area contributed by atoms with E-state index in [0.717, 1.165) is 12.3 Å². The normalized spacial score (nSPS) is 18.3. The Balaban J connectivity index is 2.03. The Morgan fingerprint density at radius 2 is 2.08 bits per heavy atom. The molecule has 0 saturated carbocycles. The van der Waals surface area contributed by atoms with Gasteiger partial charge < -0.3 is 14.7 Å². The van der Waals surface area contributed by atoms with E-state index in [1.807, 2.05) is 0 Å². The van der Waals surface area contributed by atoms with E-state index in [1.54, 1.807) is 0 Å². The van der Waals surface area contributed by atoms with Gasteiger partial charge in [0.15, 0.2) is 6.61 Å². The number of carbonyl (C=O) groups is 2. The number of ether oxygens (including phenoxy) is 1. The van der Waals surface area contributed by atoms with E-state index in [-0.39, 0.29) is 18.0 Å². The SMILES string of the molecule is O=C(O)[C@H]1CCCCN1C(=O)c1ccc(OCC(F)(F)C(F)F)nc1. The van der Waals surface area contributed by atoms with Gasteiger partial charge in [0.1, 0.15) is 6.04 Å². The summed E-state index contributed by atoms with van der Waals surface area (Å²) in [6.07, 6.45) is -1.11. The first kappa shape index (κ1) is 18.9. The van der Waals surface area contributed by atoms with Crippen LogP contribution in [0.1, 0.15) is 29.6 Å². The van der Waals surface area contributed by atoms with E-state index in [0.29, 0.717) is 19.3 Å². The second kappa shape index (κ2) is 7.66. The molecule has 1 fully saturated rings. The van der Waals surface area contributed by atoms with Crippen LogP contribution in [0.4, 0.5) is 17.6 Å². The van der Waals surface area contributed by atoms with Gasteiger partial charge in [0.25, 0.3) is 5.91 Å². The molecule has 1 atom stereocenters. The van der Waals surface area contributed by atoms with E-state index < -0.39 is 36.9 Å². The second-order valence-electron chi connectivity index (χ2n) is 5.58. The van der Waals surface area contributed by atoms with E-state index in [4.69, 9.17) is 0 Å². The number of carbonyl (C=O) groups excluding carboxylic acids is 1. The summed E-state index contributed by atoms with van der Waals surface area (Å²) in [6.45, 7) is -1.26. The number of halogens is 4. The molecule has 1 aliphatic rings. The van der Waals surface area contributed by atoms with E-state index in [1.165, 1.54) is 11.0 Å². The first-order valence-corrected chi connectivity index (χ1v) is 7.51. The molecule has 2 rings (SSSR count). The van der Waals surface area contributed by atoms with Crippen molar-refractivity contribution in [1.82, 2.24) is 9.88 Å². The van der Waals surface area contributed by atoms with Gasteiger partial charge in [-0.25, -0.2) is 18.6 Å². The molecule has 1 aromatic heterocycles. The lowest BCUT2D eigenvalue weighted by Gasteiger charge is -2.32. The van der Waals surface area contributed by atoms with Crippen molar-refractivity contribution >= 4 is 11.9 Å². The van der Waals surface area contributed by atoms with Gasteiger partial charge in [-0.05, 0) is 25.3 Å². The Morgan fingerprint density at radius 1 is 1.36 bits per heavy atom. The predicted octanol–water partition coefficient (Wildman–Crippen LogP) is 2.44. The molecule has 0 unspecified atom stereocenters. The van der Waals surface area contributed by atoms with Crippen molar-refractivity contribution in [2.45, 2.75) is 37.7 Å². The van der Waals surface area contributed by atoms with Crippen LogP contribution in [-0.2, 0) is 4.79 Å². The molecule has 1 aromatic rings. The maximum absolute atomic E-state index is 12.8. The molecule has 0 radical (unpaired) electrons. The summed E-state index contributed by atoms with van der Waals surface area (Å²) in [5, 5.41) is 9.18. The molecule has 1 saturated heterocycles. The minimum Gasteiger partial charge on any atom is -0.480 e. The van der Waals surface area contributed by atoms with Crippen molar-refractivity contribution in [3.8, 4) is 5.88 Å². The van der Waals surface area contributed by atoms with Crippen molar-refractivity contribution in [2.24, 2.45) is 0 Å². The van der Waals surface area contributed by atoms with Crippen LogP contribution in [0.2, 0.25) is 0 Å². The maximum Gasteiger partial charge on any atom is 0.340 e. The fourth-order valence-corrected chi connectivity index (χ4v) is 2.42. The van der Waals surface area contributed by atoms with Crippen molar-refractivity contribution in [3.05, 3.63) is 23.9 Å². The number of hydrogen-bond donors (Lipinski definition) is 1. The lowest BCUT2D eigenvalue weighted by Crippen LogP contribution is -2.48. The van der Waals surface area contributed by atoms with Crippen LogP contribution in [0.25, 0.3) is 0 Å². The highest BCUT2D eigenvalue weighted by molar-refractivity contribution is 5.96. The van der Waals surface area contributed by atoms with Crippen molar-refractivity contribution in [1.29, 1.82) is 0 Å². The maximum atomic E-state index is 12.8. The minimum absolute atomic E-state index is 0.0566. The summed E-state index contributed by atoms with van der Waals surface area (Å²) in [4.78, 5) is 28.5. The summed E-state index contributed by atoms with van der Waals surface area (Å²) < 4.78 is 54.2. The molecular formula is C15H16F4N2O4. The molecule has 1 N–H and O–H groups in total. The average Bonchev–Trinajstić information content (AvgIpc) is 2.59. The summed E-state index contributed by atoms with van der Waals surface area (Å²) in [6, 6.07) is 1.38. The molecule has 0 aliphatic carbocycles. The molecule has 2 heterocycles. The Morgan fingerprint density at radius 3 is 2.64 bits per heavy atom. The van der Waals surface area contributed by atoms with E-state index >= 15 is 0 Å². The number of carboxylic acid groups (broad SMARTS) is 1. The van der Waals surface area contributed by atoms with E-state index in [9.17, 15) is 32.3 Å². The third-order valence-corrected chi connectivity index (χ3v) is 3.76. The number of aromatic nitrogens is 1. The van der Waals surface area contributed by atoms with Crippen molar-refractivity contribution in [3.63, 3.8) is 0 Å². The smallest absolute Gasteiger partial charge is 0.340 e. The highest BCUT2D eigenvalue weighted by Gasteiger charge is 2.42. The number of piperidine rings is 1. The van der Waals surface area contributed by atoms with Gasteiger partial charge in [0.05, 0.1) is 5.56 Å². The fraction of sp³-hybridized carbons (Fsp3) is 0.533. The topological polar surface area (TPSA) is 79.7 Å². The quantitative estimate of drug-likeness (QED) is 0.785. The first-order valence-electron chi connectivity index (χ1n) is 7.51. The largest absolute Gasteiger partial charge is 0.480 e. The molecule has 25 heavy (non-hydrogen) atoms. The number of nitrogens with zero attached hydrogens (tertiary/aromatic N) is 2. The Kier molecular flexibility index (Phi) is 5.81. The summed E-state index contributed by atoms with van der Waals surface area (Å²) >= 11 is 0. The van der Waals surface area contributed by atoms with Crippen molar-refractivity contribution < 1.29 is 37.0 Å². The number of rotatable bonds is 6. The average molecular weight is 364 g/mol. The molecule has 0 aromatic carbocycles. The first-order chi connectivity index (χ1) is 11.7. The standard InChI is InChI=1S/C15H16F4N2O4/c16-14(17)15(18,19)8-25-11-5-4-9(7-20-11)12(22)21-6-2-1-3-10(21)13(23)24/h4-5,7,10,14H,1-3,6,8H2,(H,23,24)/t10-/m1/s1. The lowest BCUT2D eigenvalue weighted by molar-refractivity contribution is -0.148. The van der Waals surface area contributed by atoms with Crippen LogP contribution in [-0.4, -0.2) is 58.4 Å².